The fourth-order valence-corrected chi connectivity index (χ4v) is 2.62. The lowest BCUT2D eigenvalue weighted by atomic mass is 10.2. The molecule has 1 saturated carbocycles. The van der Waals surface area contributed by atoms with Gasteiger partial charge in [0.1, 0.15) is 0 Å². The Bertz CT molecular complexity index is 583. The van der Waals surface area contributed by atoms with E-state index in [1.807, 2.05) is 18.6 Å². The molecule has 0 aromatic carbocycles. The number of aromatic nitrogens is 3. The Morgan fingerprint density at radius 2 is 2.18 bits per heavy atom. The van der Waals surface area contributed by atoms with Gasteiger partial charge in [0, 0.05) is 19.2 Å². The van der Waals surface area contributed by atoms with E-state index in [4.69, 9.17) is 0 Å². The Labute approximate surface area is 99.9 Å². The number of rotatable bonds is 1. The van der Waals surface area contributed by atoms with Gasteiger partial charge >= 0.3 is 0 Å². The second-order valence-electron chi connectivity index (χ2n) is 4.92. The Kier molecular flexibility index (Phi) is 1.68. The molecule has 3 heterocycles. The molecule has 1 aliphatic heterocycles. The van der Waals surface area contributed by atoms with Gasteiger partial charge in [-0.25, -0.2) is 9.97 Å². The molecule has 1 fully saturated rings. The van der Waals surface area contributed by atoms with Gasteiger partial charge in [-0.15, -0.1) is 0 Å². The molecule has 0 spiro atoms. The predicted octanol–water partition coefficient (Wildman–Crippen LogP) is 2.09. The van der Waals surface area contributed by atoms with Gasteiger partial charge in [-0.3, -0.25) is 4.57 Å². The van der Waals surface area contributed by atoms with Crippen LogP contribution in [0.1, 0.15) is 30.1 Å². The average Bonchev–Trinajstić information content (AvgIpc) is 3.11. The fourth-order valence-electron chi connectivity index (χ4n) is 2.62. The zero-order chi connectivity index (χ0) is 11.4. The molecule has 86 valence electrons. The first-order valence-corrected chi connectivity index (χ1v) is 6.07. The molecule has 2 aliphatic rings. The second-order valence-corrected chi connectivity index (χ2v) is 4.92. The molecule has 1 aliphatic carbocycles. The van der Waals surface area contributed by atoms with Crippen LogP contribution in [-0.2, 0) is 6.54 Å². The number of imidazole rings is 1. The molecular formula is C13H14N4. The largest absolute Gasteiger partial charge is 0.352 e. The third kappa shape index (κ3) is 1.24. The quantitative estimate of drug-likeness (QED) is 0.746. The summed E-state index contributed by atoms with van der Waals surface area (Å²) in [6, 6.07) is 4.10. The van der Waals surface area contributed by atoms with Crippen molar-refractivity contribution in [1.29, 1.82) is 0 Å². The van der Waals surface area contributed by atoms with Gasteiger partial charge in [-0.05, 0) is 25.0 Å². The molecule has 0 amide bonds. The maximum atomic E-state index is 4.60. The number of hydrogen-bond acceptors (Lipinski definition) is 3. The third-order valence-corrected chi connectivity index (χ3v) is 3.64. The van der Waals surface area contributed by atoms with Crippen molar-refractivity contribution in [3.05, 3.63) is 36.0 Å². The van der Waals surface area contributed by atoms with E-state index < -0.39 is 0 Å². The van der Waals surface area contributed by atoms with E-state index >= 15 is 0 Å². The number of anilines is 1. The van der Waals surface area contributed by atoms with E-state index in [2.05, 4.69) is 32.5 Å². The van der Waals surface area contributed by atoms with Gasteiger partial charge in [-0.2, -0.15) is 0 Å². The first-order valence-electron chi connectivity index (χ1n) is 6.07. The molecular weight excluding hydrogens is 212 g/mol. The monoisotopic (exact) mass is 226 g/mol. The van der Waals surface area contributed by atoms with Crippen LogP contribution in [0.5, 0.6) is 0 Å². The normalized spacial score (nSPS) is 17.8. The van der Waals surface area contributed by atoms with Crippen LogP contribution in [0.2, 0.25) is 0 Å². The van der Waals surface area contributed by atoms with Crippen LogP contribution in [0.3, 0.4) is 0 Å². The Balaban J connectivity index is 1.94. The van der Waals surface area contributed by atoms with E-state index in [0.29, 0.717) is 5.92 Å². The van der Waals surface area contributed by atoms with Crippen molar-refractivity contribution in [1.82, 2.24) is 14.5 Å². The second kappa shape index (κ2) is 3.09. The number of hydrogen-bond donors (Lipinski definition) is 0. The van der Waals surface area contributed by atoms with Crippen molar-refractivity contribution in [2.75, 3.05) is 11.9 Å². The van der Waals surface area contributed by atoms with Crippen LogP contribution in [-0.4, -0.2) is 21.6 Å². The topological polar surface area (TPSA) is 34.0 Å². The van der Waals surface area contributed by atoms with Crippen LogP contribution in [0.25, 0.3) is 5.69 Å². The Morgan fingerprint density at radius 1 is 1.29 bits per heavy atom. The predicted molar refractivity (Wildman–Crippen MR) is 65.4 cm³/mol. The molecule has 4 nitrogen and oxygen atoms in total. The lowest BCUT2D eigenvalue weighted by Crippen LogP contribution is -2.26. The molecule has 0 unspecified atom stereocenters. The van der Waals surface area contributed by atoms with Crippen molar-refractivity contribution in [2.24, 2.45) is 0 Å². The van der Waals surface area contributed by atoms with Crippen LogP contribution < -0.4 is 4.90 Å². The van der Waals surface area contributed by atoms with Gasteiger partial charge in [0.15, 0.2) is 5.82 Å². The van der Waals surface area contributed by atoms with Crippen molar-refractivity contribution < 1.29 is 0 Å². The van der Waals surface area contributed by atoms with Gasteiger partial charge in [-0.1, -0.05) is 0 Å². The van der Waals surface area contributed by atoms with Gasteiger partial charge < -0.3 is 4.90 Å². The molecule has 0 radical (unpaired) electrons. The van der Waals surface area contributed by atoms with Crippen LogP contribution in [0, 0.1) is 0 Å². The summed E-state index contributed by atoms with van der Waals surface area (Å²) in [5.74, 6) is 1.75. The molecule has 2 aromatic heterocycles. The maximum Gasteiger partial charge on any atom is 0.153 e. The van der Waals surface area contributed by atoms with Gasteiger partial charge in [0.05, 0.1) is 29.9 Å². The zero-order valence-corrected chi connectivity index (χ0v) is 9.80. The highest BCUT2D eigenvalue weighted by atomic mass is 15.3. The highest BCUT2D eigenvalue weighted by Crippen LogP contribution is 2.43. The molecule has 0 saturated heterocycles. The highest BCUT2D eigenvalue weighted by molar-refractivity contribution is 5.61. The summed E-state index contributed by atoms with van der Waals surface area (Å²) < 4.78 is 2.20. The highest BCUT2D eigenvalue weighted by Gasteiger charge is 2.32. The molecule has 4 heteroatoms. The van der Waals surface area contributed by atoms with E-state index in [9.17, 15) is 0 Å². The summed E-state index contributed by atoms with van der Waals surface area (Å²) in [5.41, 5.74) is 3.79. The van der Waals surface area contributed by atoms with Crippen LogP contribution in [0.4, 0.5) is 5.82 Å². The molecule has 2 aromatic rings. The molecule has 0 bridgehead atoms. The first-order chi connectivity index (χ1) is 8.34. The third-order valence-electron chi connectivity index (χ3n) is 3.64. The molecule has 17 heavy (non-hydrogen) atoms. The standard InChI is InChI=1S/C13H14N4/c1-16-7-11-12(9-4-5-9)15-8-17(11)10-3-2-6-14-13(10)16/h2-3,6,8-9H,4-5,7H2,1H3. The fraction of sp³-hybridized carbons (Fsp3) is 0.385. The van der Waals surface area contributed by atoms with E-state index in [1.54, 1.807) is 0 Å². The number of fused-ring (bicyclic) bond motifs is 3. The van der Waals surface area contributed by atoms with Gasteiger partial charge in [0.2, 0.25) is 0 Å². The van der Waals surface area contributed by atoms with Crippen molar-refractivity contribution in [3.63, 3.8) is 0 Å². The van der Waals surface area contributed by atoms with E-state index in [-0.39, 0.29) is 0 Å². The average molecular weight is 226 g/mol. The van der Waals surface area contributed by atoms with E-state index in [1.165, 1.54) is 24.2 Å². The minimum atomic E-state index is 0.706. The molecule has 0 atom stereocenters. The SMILES string of the molecule is CN1Cc2c(C3CC3)ncn2-c2cccnc21. The summed E-state index contributed by atoms with van der Waals surface area (Å²) in [6.07, 6.45) is 6.40. The van der Waals surface area contributed by atoms with Crippen LogP contribution >= 0.6 is 0 Å². The summed E-state index contributed by atoms with van der Waals surface area (Å²) in [7, 11) is 2.10. The smallest absolute Gasteiger partial charge is 0.153 e. The lowest BCUT2D eigenvalue weighted by Gasteiger charge is -2.27. The zero-order valence-electron chi connectivity index (χ0n) is 9.80. The van der Waals surface area contributed by atoms with Gasteiger partial charge in [0.25, 0.3) is 0 Å². The number of pyridine rings is 1. The summed E-state index contributed by atoms with van der Waals surface area (Å²) >= 11 is 0. The lowest BCUT2D eigenvalue weighted by molar-refractivity contribution is 0.773. The number of nitrogens with zero attached hydrogens (tertiary/aromatic N) is 4. The summed E-state index contributed by atoms with van der Waals surface area (Å²) in [4.78, 5) is 11.3. The summed E-state index contributed by atoms with van der Waals surface area (Å²) in [5, 5.41) is 0. The minimum Gasteiger partial charge on any atom is -0.352 e. The maximum absolute atomic E-state index is 4.60. The van der Waals surface area contributed by atoms with Crippen molar-refractivity contribution >= 4 is 5.82 Å². The molecule has 4 rings (SSSR count). The molecule has 0 N–H and O–H groups in total. The Hall–Kier alpha value is -1.84. The van der Waals surface area contributed by atoms with E-state index in [0.717, 1.165) is 18.1 Å². The van der Waals surface area contributed by atoms with Crippen LogP contribution in [0.15, 0.2) is 24.7 Å². The minimum absolute atomic E-state index is 0.706. The summed E-state index contributed by atoms with van der Waals surface area (Å²) in [6.45, 7) is 0.913. The first kappa shape index (κ1) is 9.22. The Morgan fingerprint density at radius 3 is 3.00 bits per heavy atom. The van der Waals surface area contributed by atoms with Crippen molar-refractivity contribution in [2.45, 2.75) is 25.3 Å². The van der Waals surface area contributed by atoms with Crippen molar-refractivity contribution in [3.8, 4) is 5.69 Å².